The highest BCUT2D eigenvalue weighted by Crippen LogP contribution is 2.42. The van der Waals surface area contributed by atoms with Crippen LogP contribution in [-0.2, 0) is 11.8 Å². The highest BCUT2D eigenvalue weighted by atomic mass is 16.2. The van der Waals surface area contributed by atoms with Gasteiger partial charge in [-0.25, -0.2) is 4.98 Å². The molecule has 0 amide bonds. The number of carbonyl (C=O) groups is 1. The second-order valence-electron chi connectivity index (χ2n) is 5.53. The summed E-state index contributed by atoms with van der Waals surface area (Å²) in [5, 5.41) is 0. The van der Waals surface area contributed by atoms with Gasteiger partial charge < -0.3 is 0 Å². The average Bonchev–Trinajstić information content (AvgIpc) is 3.17. The van der Waals surface area contributed by atoms with E-state index in [0.29, 0.717) is 0 Å². The summed E-state index contributed by atoms with van der Waals surface area (Å²) in [7, 11) is 0. The number of nitrogens with zero attached hydrogens (tertiary/aromatic N) is 2. The largest absolute Gasteiger partial charge is 0.273 e. The van der Waals surface area contributed by atoms with E-state index in [1.807, 2.05) is 31.3 Å². The lowest BCUT2D eigenvalue weighted by Gasteiger charge is -2.28. The van der Waals surface area contributed by atoms with Gasteiger partial charge in [0.15, 0.2) is 0 Å². The topological polar surface area (TPSA) is 34.9 Å². The summed E-state index contributed by atoms with van der Waals surface area (Å²) in [5.41, 5.74) is 0.796. The maximum Gasteiger partial charge on any atom is 0.242 e. The van der Waals surface area contributed by atoms with Gasteiger partial charge in [0.25, 0.3) is 0 Å². The molecule has 2 aromatic rings. The molecule has 20 heavy (non-hydrogen) atoms. The van der Waals surface area contributed by atoms with Crippen LogP contribution >= 0.6 is 0 Å². The van der Waals surface area contributed by atoms with Crippen molar-refractivity contribution in [1.82, 2.24) is 9.55 Å². The Kier molecular flexibility index (Phi) is 3.43. The fourth-order valence-corrected chi connectivity index (χ4v) is 3.37. The third kappa shape index (κ3) is 1.98. The molecule has 0 radical (unpaired) electrons. The molecular formula is C17H20N2O. The Morgan fingerprint density at radius 2 is 1.95 bits per heavy atom. The predicted molar refractivity (Wildman–Crippen MR) is 78.8 cm³/mol. The van der Waals surface area contributed by atoms with Gasteiger partial charge in [0.2, 0.25) is 5.91 Å². The quantitative estimate of drug-likeness (QED) is 0.852. The Morgan fingerprint density at radius 3 is 2.60 bits per heavy atom. The van der Waals surface area contributed by atoms with Crippen LogP contribution in [0.25, 0.3) is 0 Å². The van der Waals surface area contributed by atoms with E-state index >= 15 is 0 Å². The van der Waals surface area contributed by atoms with E-state index in [0.717, 1.165) is 43.5 Å². The fraction of sp³-hybridized carbons (Fsp3) is 0.412. The average molecular weight is 268 g/mol. The van der Waals surface area contributed by atoms with Gasteiger partial charge in [-0.15, -0.1) is 0 Å². The van der Waals surface area contributed by atoms with Crippen molar-refractivity contribution in [2.75, 3.05) is 0 Å². The van der Waals surface area contributed by atoms with Gasteiger partial charge in [-0.1, -0.05) is 50.1 Å². The molecule has 3 heteroatoms. The van der Waals surface area contributed by atoms with Gasteiger partial charge in [0, 0.05) is 18.8 Å². The smallest absolute Gasteiger partial charge is 0.242 e. The van der Waals surface area contributed by atoms with E-state index in [4.69, 9.17) is 0 Å². The first-order valence-corrected chi connectivity index (χ1v) is 7.40. The molecule has 3 rings (SSSR count). The lowest BCUT2D eigenvalue weighted by atomic mass is 9.78. The lowest BCUT2D eigenvalue weighted by molar-refractivity contribution is 0.0793. The van der Waals surface area contributed by atoms with Crippen LogP contribution in [0.1, 0.15) is 48.8 Å². The van der Waals surface area contributed by atoms with Gasteiger partial charge in [0.1, 0.15) is 5.82 Å². The van der Waals surface area contributed by atoms with E-state index < -0.39 is 0 Å². The maximum absolute atomic E-state index is 13.1. The van der Waals surface area contributed by atoms with Crippen LogP contribution in [0.3, 0.4) is 0 Å². The molecule has 0 aliphatic heterocycles. The zero-order chi connectivity index (χ0) is 14.0. The number of aryl methyl sites for hydroxylation is 1. The molecule has 1 aromatic carbocycles. The molecule has 0 atom stereocenters. The number of imidazole rings is 1. The van der Waals surface area contributed by atoms with E-state index in [2.05, 4.69) is 17.1 Å². The van der Waals surface area contributed by atoms with Crippen molar-refractivity contribution in [3.63, 3.8) is 0 Å². The molecule has 0 N–H and O–H groups in total. The van der Waals surface area contributed by atoms with Crippen molar-refractivity contribution in [2.24, 2.45) is 0 Å². The molecule has 0 saturated heterocycles. The van der Waals surface area contributed by atoms with E-state index in [9.17, 15) is 4.79 Å². The molecule has 3 nitrogen and oxygen atoms in total. The summed E-state index contributed by atoms with van der Waals surface area (Å²) in [5.74, 6) is 1.05. The molecule has 0 spiro atoms. The number of benzene rings is 1. The number of hydrogen-bond donors (Lipinski definition) is 0. The Hall–Kier alpha value is -1.90. The number of carbonyl (C=O) groups excluding carboxylic acids is 1. The van der Waals surface area contributed by atoms with Gasteiger partial charge >= 0.3 is 0 Å². The first-order valence-electron chi connectivity index (χ1n) is 7.40. The Morgan fingerprint density at radius 1 is 1.25 bits per heavy atom. The summed E-state index contributed by atoms with van der Waals surface area (Å²) in [6.07, 6.45) is 8.44. The minimum atomic E-state index is -0.355. The third-order valence-corrected chi connectivity index (χ3v) is 4.45. The van der Waals surface area contributed by atoms with Gasteiger partial charge in [-0.3, -0.25) is 9.36 Å². The lowest BCUT2D eigenvalue weighted by Crippen LogP contribution is -2.37. The molecule has 1 fully saturated rings. The standard InChI is InChI=1S/C17H20N2O/c1-2-15-18-12-13-19(15)16(20)17(10-6-7-11-17)14-8-4-3-5-9-14/h3-5,8-9,12-13H,2,6-7,10-11H2,1H3. The predicted octanol–water partition coefficient (Wildman–Crippen LogP) is 3.60. The molecule has 1 saturated carbocycles. The van der Waals surface area contributed by atoms with Crippen molar-refractivity contribution >= 4 is 5.91 Å². The molecule has 104 valence electrons. The first-order chi connectivity index (χ1) is 9.78. The molecule has 1 heterocycles. The minimum absolute atomic E-state index is 0.190. The van der Waals surface area contributed by atoms with Crippen LogP contribution in [0.2, 0.25) is 0 Å². The first kappa shape index (κ1) is 13.1. The van der Waals surface area contributed by atoms with E-state index in [1.165, 1.54) is 0 Å². The summed E-state index contributed by atoms with van der Waals surface area (Å²) in [4.78, 5) is 17.4. The van der Waals surface area contributed by atoms with Crippen molar-refractivity contribution in [3.05, 3.63) is 54.1 Å². The fourth-order valence-electron chi connectivity index (χ4n) is 3.37. The highest BCUT2D eigenvalue weighted by molar-refractivity contribution is 5.91. The SMILES string of the molecule is CCc1nccn1C(=O)C1(c2ccccc2)CCCC1. The van der Waals surface area contributed by atoms with Crippen LogP contribution in [-0.4, -0.2) is 15.5 Å². The monoisotopic (exact) mass is 268 g/mol. The van der Waals surface area contributed by atoms with Crippen LogP contribution in [0.5, 0.6) is 0 Å². The van der Waals surface area contributed by atoms with E-state index in [-0.39, 0.29) is 11.3 Å². The van der Waals surface area contributed by atoms with Crippen molar-refractivity contribution in [2.45, 2.75) is 44.4 Å². The molecule has 0 unspecified atom stereocenters. The zero-order valence-corrected chi connectivity index (χ0v) is 11.9. The zero-order valence-electron chi connectivity index (χ0n) is 11.9. The van der Waals surface area contributed by atoms with Crippen molar-refractivity contribution in [3.8, 4) is 0 Å². The maximum atomic E-state index is 13.1. The highest BCUT2D eigenvalue weighted by Gasteiger charge is 2.43. The number of hydrogen-bond acceptors (Lipinski definition) is 2. The number of rotatable bonds is 3. The molecule has 1 aromatic heterocycles. The Balaban J connectivity index is 2.06. The van der Waals surface area contributed by atoms with E-state index in [1.54, 1.807) is 10.8 Å². The Labute approximate surface area is 119 Å². The van der Waals surface area contributed by atoms with Crippen molar-refractivity contribution in [1.29, 1.82) is 0 Å². The minimum Gasteiger partial charge on any atom is -0.273 e. The van der Waals surface area contributed by atoms with Crippen LogP contribution in [0, 0.1) is 0 Å². The normalized spacial score (nSPS) is 17.2. The second kappa shape index (κ2) is 5.23. The molecular weight excluding hydrogens is 248 g/mol. The summed E-state index contributed by atoms with van der Waals surface area (Å²) in [6, 6.07) is 10.2. The Bertz CT molecular complexity index is 594. The van der Waals surface area contributed by atoms with Crippen molar-refractivity contribution < 1.29 is 4.79 Å². The summed E-state index contributed by atoms with van der Waals surface area (Å²) in [6.45, 7) is 2.04. The van der Waals surface area contributed by atoms with Gasteiger partial charge in [-0.2, -0.15) is 0 Å². The van der Waals surface area contributed by atoms with Crippen LogP contribution in [0.4, 0.5) is 0 Å². The van der Waals surface area contributed by atoms with Crippen LogP contribution < -0.4 is 0 Å². The molecule has 0 bridgehead atoms. The number of aromatic nitrogens is 2. The molecule has 1 aliphatic rings. The third-order valence-electron chi connectivity index (χ3n) is 4.45. The van der Waals surface area contributed by atoms with Gasteiger partial charge in [-0.05, 0) is 18.4 Å². The summed E-state index contributed by atoms with van der Waals surface area (Å²) >= 11 is 0. The second-order valence-corrected chi connectivity index (χ2v) is 5.53. The molecule has 1 aliphatic carbocycles. The van der Waals surface area contributed by atoms with Crippen LogP contribution in [0.15, 0.2) is 42.7 Å². The van der Waals surface area contributed by atoms with Gasteiger partial charge in [0.05, 0.1) is 5.41 Å². The summed E-state index contributed by atoms with van der Waals surface area (Å²) < 4.78 is 1.76.